The molecular weight excluding hydrogens is 297 g/mol. The van der Waals surface area contributed by atoms with Crippen molar-refractivity contribution >= 4 is 27.6 Å². The number of halogens is 2. The van der Waals surface area contributed by atoms with E-state index in [-0.39, 0.29) is 11.9 Å². The van der Waals surface area contributed by atoms with E-state index >= 15 is 0 Å². The van der Waals surface area contributed by atoms with E-state index in [9.17, 15) is 4.39 Å². The predicted octanol–water partition coefficient (Wildman–Crippen LogP) is 4.42. The fourth-order valence-electron chi connectivity index (χ4n) is 1.73. The summed E-state index contributed by atoms with van der Waals surface area (Å²) in [7, 11) is 0. The topological polar surface area (TPSA) is 29.9 Å². The Balaban J connectivity index is 2.40. The highest BCUT2D eigenvalue weighted by Crippen LogP contribution is 2.29. The van der Waals surface area contributed by atoms with Gasteiger partial charge in [-0.1, -0.05) is 6.07 Å². The van der Waals surface area contributed by atoms with Crippen LogP contribution >= 0.6 is 15.9 Å². The predicted molar refractivity (Wildman–Crippen MR) is 74.7 cm³/mol. The first-order valence-corrected chi connectivity index (χ1v) is 6.55. The van der Waals surface area contributed by atoms with Crippen molar-refractivity contribution in [2.75, 3.05) is 5.32 Å². The Kier molecular flexibility index (Phi) is 3.71. The number of benzene rings is 1. The molecule has 0 fully saturated rings. The molecule has 96 valence electrons. The van der Waals surface area contributed by atoms with Crippen molar-refractivity contribution in [1.29, 1.82) is 0 Å². The minimum atomic E-state index is -0.305. The zero-order valence-electron chi connectivity index (χ0n) is 10.5. The van der Waals surface area contributed by atoms with E-state index in [1.807, 2.05) is 17.7 Å². The Morgan fingerprint density at radius 3 is 2.72 bits per heavy atom. The van der Waals surface area contributed by atoms with Crippen LogP contribution in [0.25, 0.3) is 0 Å². The van der Waals surface area contributed by atoms with Crippen molar-refractivity contribution in [3.8, 4) is 0 Å². The highest BCUT2D eigenvalue weighted by atomic mass is 79.9. The molecule has 0 radical (unpaired) electrons. The molecule has 3 nitrogen and oxygen atoms in total. The molecule has 1 aromatic heterocycles. The molecule has 2 rings (SSSR count). The SMILES string of the molecule is Cc1cn(C(C)C)c(Nc2c(F)cccc2Br)n1. The molecule has 0 amide bonds. The van der Waals surface area contributed by atoms with Gasteiger partial charge in [0.25, 0.3) is 0 Å². The first-order chi connectivity index (χ1) is 8.49. The number of para-hydroxylation sites is 1. The largest absolute Gasteiger partial charge is 0.322 e. The third kappa shape index (κ3) is 2.56. The van der Waals surface area contributed by atoms with Crippen molar-refractivity contribution in [2.24, 2.45) is 0 Å². The quantitative estimate of drug-likeness (QED) is 0.909. The van der Waals surface area contributed by atoms with Gasteiger partial charge in [-0.05, 0) is 48.8 Å². The average Bonchev–Trinajstić information content (AvgIpc) is 2.65. The Labute approximate surface area is 114 Å². The Bertz CT molecular complexity index is 543. The number of anilines is 2. The zero-order valence-corrected chi connectivity index (χ0v) is 12.1. The zero-order chi connectivity index (χ0) is 13.3. The van der Waals surface area contributed by atoms with Crippen LogP contribution < -0.4 is 5.32 Å². The Morgan fingerprint density at radius 1 is 1.39 bits per heavy atom. The third-order valence-electron chi connectivity index (χ3n) is 2.61. The number of aryl methyl sites for hydroxylation is 1. The van der Waals surface area contributed by atoms with Crippen LogP contribution in [0, 0.1) is 12.7 Å². The number of rotatable bonds is 3. The van der Waals surface area contributed by atoms with Crippen molar-refractivity contribution in [1.82, 2.24) is 9.55 Å². The number of hydrogen-bond donors (Lipinski definition) is 1. The summed E-state index contributed by atoms with van der Waals surface area (Å²) in [6, 6.07) is 5.13. The van der Waals surface area contributed by atoms with Crippen LogP contribution in [0.4, 0.5) is 16.0 Å². The number of nitrogens with one attached hydrogen (secondary N) is 1. The minimum Gasteiger partial charge on any atom is -0.322 e. The lowest BCUT2D eigenvalue weighted by molar-refractivity contribution is 0.604. The van der Waals surface area contributed by atoms with Crippen LogP contribution in [0.1, 0.15) is 25.6 Å². The molecule has 0 atom stereocenters. The van der Waals surface area contributed by atoms with E-state index in [0.717, 1.165) is 5.69 Å². The molecule has 1 aromatic carbocycles. The summed E-state index contributed by atoms with van der Waals surface area (Å²) in [4.78, 5) is 4.37. The maximum Gasteiger partial charge on any atom is 0.207 e. The molecule has 0 saturated heterocycles. The Hall–Kier alpha value is -1.36. The lowest BCUT2D eigenvalue weighted by atomic mass is 10.3. The van der Waals surface area contributed by atoms with Gasteiger partial charge in [0.15, 0.2) is 0 Å². The molecular formula is C13H15BrFN3. The van der Waals surface area contributed by atoms with Crippen LogP contribution in [-0.4, -0.2) is 9.55 Å². The highest BCUT2D eigenvalue weighted by Gasteiger charge is 2.12. The molecule has 0 saturated carbocycles. The van der Waals surface area contributed by atoms with Crippen molar-refractivity contribution in [2.45, 2.75) is 26.8 Å². The second kappa shape index (κ2) is 5.10. The van der Waals surface area contributed by atoms with Crippen LogP contribution in [0.3, 0.4) is 0 Å². The van der Waals surface area contributed by atoms with Gasteiger partial charge in [-0.3, -0.25) is 0 Å². The molecule has 2 aromatic rings. The van der Waals surface area contributed by atoms with E-state index in [0.29, 0.717) is 16.1 Å². The minimum absolute atomic E-state index is 0.263. The molecule has 5 heteroatoms. The Morgan fingerprint density at radius 2 is 2.11 bits per heavy atom. The van der Waals surface area contributed by atoms with Crippen molar-refractivity contribution < 1.29 is 4.39 Å². The lowest BCUT2D eigenvalue weighted by Crippen LogP contribution is -2.06. The molecule has 0 aliphatic rings. The molecule has 1 heterocycles. The summed E-state index contributed by atoms with van der Waals surface area (Å²) >= 11 is 3.33. The molecule has 1 N–H and O–H groups in total. The fraction of sp³-hybridized carbons (Fsp3) is 0.308. The average molecular weight is 312 g/mol. The van der Waals surface area contributed by atoms with E-state index in [2.05, 4.69) is 40.1 Å². The van der Waals surface area contributed by atoms with Gasteiger partial charge in [-0.25, -0.2) is 9.37 Å². The summed E-state index contributed by atoms with van der Waals surface area (Å²) in [6.45, 7) is 6.03. The maximum atomic E-state index is 13.7. The highest BCUT2D eigenvalue weighted by molar-refractivity contribution is 9.10. The van der Waals surface area contributed by atoms with Gasteiger partial charge in [-0.15, -0.1) is 0 Å². The van der Waals surface area contributed by atoms with Gasteiger partial charge < -0.3 is 9.88 Å². The second-order valence-electron chi connectivity index (χ2n) is 4.43. The molecule has 0 aliphatic heterocycles. The second-order valence-corrected chi connectivity index (χ2v) is 5.28. The van der Waals surface area contributed by atoms with E-state index < -0.39 is 0 Å². The third-order valence-corrected chi connectivity index (χ3v) is 3.27. The van der Waals surface area contributed by atoms with Gasteiger partial charge >= 0.3 is 0 Å². The molecule has 0 aliphatic carbocycles. The monoisotopic (exact) mass is 311 g/mol. The standard InChI is InChI=1S/C13H15BrFN3/c1-8(2)18-7-9(3)16-13(18)17-12-10(14)5-4-6-11(12)15/h4-8H,1-3H3,(H,16,17). The number of hydrogen-bond acceptors (Lipinski definition) is 2. The first kappa shape index (κ1) is 13.1. The summed E-state index contributed by atoms with van der Waals surface area (Å²) in [5.74, 6) is 0.341. The number of imidazole rings is 1. The molecule has 18 heavy (non-hydrogen) atoms. The summed E-state index contributed by atoms with van der Waals surface area (Å²) < 4.78 is 16.4. The fourth-order valence-corrected chi connectivity index (χ4v) is 2.17. The van der Waals surface area contributed by atoms with Crippen LogP contribution in [-0.2, 0) is 0 Å². The van der Waals surface area contributed by atoms with E-state index in [4.69, 9.17) is 0 Å². The van der Waals surface area contributed by atoms with Gasteiger partial charge in [0.2, 0.25) is 5.95 Å². The number of aromatic nitrogens is 2. The smallest absolute Gasteiger partial charge is 0.207 e. The van der Waals surface area contributed by atoms with Crippen LogP contribution in [0.15, 0.2) is 28.9 Å². The van der Waals surface area contributed by atoms with Crippen molar-refractivity contribution in [3.05, 3.63) is 40.4 Å². The molecule has 0 spiro atoms. The lowest BCUT2D eigenvalue weighted by Gasteiger charge is -2.14. The summed E-state index contributed by atoms with van der Waals surface area (Å²) in [5.41, 5.74) is 1.31. The normalized spacial score (nSPS) is 11.0. The van der Waals surface area contributed by atoms with Gasteiger partial charge in [0.1, 0.15) is 5.82 Å². The van der Waals surface area contributed by atoms with Crippen LogP contribution in [0.5, 0.6) is 0 Å². The maximum absolute atomic E-state index is 13.7. The van der Waals surface area contributed by atoms with Crippen molar-refractivity contribution in [3.63, 3.8) is 0 Å². The van der Waals surface area contributed by atoms with E-state index in [1.54, 1.807) is 12.1 Å². The molecule has 0 unspecified atom stereocenters. The van der Waals surface area contributed by atoms with Gasteiger partial charge in [0.05, 0.1) is 11.4 Å². The van der Waals surface area contributed by atoms with Crippen LogP contribution in [0.2, 0.25) is 0 Å². The first-order valence-electron chi connectivity index (χ1n) is 5.75. The summed E-state index contributed by atoms with van der Waals surface area (Å²) in [6.07, 6.45) is 1.95. The van der Waals surface area contributed by atoms with E-state index in [1.165, 1.54) is 6.07 Å². The number of nitrogens with zero attached hydrogens (tertiary/aromatic N) is 2. The summed E-state index contributed by atoms with van der Waals surface area (Å²) in [5, 5.41) is 3.04. The van der Waals surface area contributed by atoms with Gasteiger partial charge in [0, 0.05) is 16.7 Å². The van der Waals surface area contributed by atoms with Gasteiger partial charge in [-0.2, -0.15) is 0 Å². The molecule has 0 bridgehead atoms.